The average molecular weight is 453 g/mol. The minimum atomic E-state index is -0.0919. The van der Waals surface area contributed by atoms with E-state index < -0.39 is 0 Å². The SMILES string of the molecule is CC1(C)c2ccccc2Oc2cc(-c3ccc4c(c3)C(C)(C)c3c-4ccc4ccccc34)ccc21. The van der Waals surface area contributed by atoms with E-state index in [1.807, 2.05) is 6.07 Å². The maximum Gasteiger partial charge on any atom is 0.132 e. The van der Waals surface area contributed by atoms with Gasteiger partial charge in [0.25, 0.3) is 0 Å². The summed E-state index contributed by atoms with van der Waals surface area (Å²) in [6, 6.07) is 35.4. The summed E-state index contributed by atoms with van der Waals surface area (Å²) >= 11 is 0. The van der Waals surface area contributed by atoms with Crippen molar-refractivity contribution in [2.45, 2.75) is 38.5 Å². The van der Waals surface area contributed by atoms with E-state index in [0.29, 0.717) is 0 Å². The van der Waals surface area contributed by atoms with Crippen LogP contribution in [0.25, 0.3) is 33.0 Å². The van der Waals surface area contributed by atoms with Crippen molar-refractivity contribution < 1.29 is 4.74 Å². The van der Waals surface area contributed by atoms with E-state index in [4.69, 9.17) is 4.74 Å². The lowest BCUT2D eigenvalue weighted by Crippen LogP contribution is -2.24. The van der Waals surface area contributed by atoms with Crippen LogP contribution in [0.5, 0.6) is 11.5 Å². The Balaban J connectivity index is 1.36. The molecule has 0 amide bonds. The normalized spacial score (nSPS) is 16.1. The predicted molar refractivity (Wildman–Crippen MR) is 146 cm³/mol. The summed E-state index contributed by atoms with van der Waals surface area (Å²) in [5, 5.41) is 2.66. The molecule has 0 unspecified atom stereocenters. The molecule has 1 heteroatoms. The van der Waals surface area contributed by atoms with Crippen molar-refractivity contribution in [3.05, 3.63) is 119 Å². The van der Waals surface area contributed by atoms with Crippen molar-refractivity contribution in [3.63, 3.8) is 0 Å². The maximum absolute atomic E-state index is 6.41. The lowest BCUT2D eigenvalue weighted by molar-refractivity contribution is 0.418. The second kappa shape index (κ2) is 6.86. The Morgan fingerprint density at radius 1 is 0.514 bits per heavy atom. The van der Waals surface area contributed by atoms with Gasteiger partial charge < -0.3 is 4.74 Å². The third-order valence-electron chi connectivity index (χ3n) is 8.31. The quantitative estimate of drug-likeness (QED) is 0.246. The molecule has 0 atom stereocenters. The van der Waals surface area contributed by atoms with Gasteiger partial charge in [-0.05, 0) is 62.4 Å². The lowest BCUT2D eigenvalue weighted by Gasteiger charge is -2.34. The molecule has 0 bridgehead atoms. The molecule has 0 spiro atoms. The molecule has 170 valence electrons. The number of benzene rings is 5. The van der Waals surface area contributed by atoms with Crippen LogP contribution in [-0.2, 0) is 10.8 Å². The molecule has 0 aromatic heterocycles. The van der Waals surface area contributed by atoms with Gasteiger partial charge in [0.1, 0.15) is 11.5 Å². The molecule has 0 saturated carbocycles. The molecular formula is C34H28O. The number of hydrogen-bond acceptors (Lipinski definition) is 1. The van der Waals surface area contributed by atoms with Crippen LogP contribution in [0.3, 0.4) is 0 Å². The van der Waals surface area contributed by atoms with Crippen LogP contribution in [0.1, 0.15) is 49.9 Å². The highest BCUT2D eigenvalue weighted by molar-refractivity contribution is 5.98. The number of ether oxygens (including phenoxy) is 1. The Morgan fingerprint density at radius 2 is 1.20 bits per heavy atom. The third kappa shape index (κ3) is 2.76. The predicted octanol–water partition coefficient (Wildman–Crippen LogP) is 9.24. The van der Waals surface area contributed by atoms with Gasteiger partial charge in [-0.15, -0.1) is 0 Å². The Hall–Kier alpha value is -3.84. The number of para-hydroxylation sites is 1. The number of fused-ring (bicyclic) bond motifs is 7. The van der Waals surface area contributed by atoms with Gasteiger partial charge in [-0.2, -0.15) is 0 Å². The highest BCUT2D eigenvalue weighted by atomic mass is 16.5. The first kappa shape index (κ1) is 20.5. The van der Waals surface area contributed by atoms with E-state index >= 15 is 0 Å². The Kier molecular flexibility index (Phi) is 4.02. The summed E-state index contributed by atoms with van der Waals surface area (Å²) in [7, 11) is 0. The van der Waals surface area contributed by atoms with Crippen LogP contribution < -0.4 is 4.74 Å². The summed E-state index contributed by atoms with van der Waals surface area (Å²) in [4.78, 5) is 0. The highest BCUT2D eigenvalue weighted by Crippen LogP contribution is 2.53. The van der Waals surface area contributed by atoms with Gasteiger partial charge in [-0.25, -0.2) is 0 Å². The van der Waals surface area contributed by atoms with Gasteiger partial charge in [-0.1, -0.05) is 107 Å². The molecule has 5 aromatic carbocycles. The van der Waals surface area contributed by atoms with Crippen molar-refractivity contribution in [1.82, 2.24) is 0 Å². The molecule has 0 fully saturated rings. The van der Waals surface area contributed by atoms with Crippen LogP contribution in [0, 0.1) is 0 Å². The van der Waals surface area contributed by atoms with E-state index in [-0.39, 0.29) is 10.8 Å². The molecule has 2 aliphatic rings. The first-order valence-electron chi connectivity index (χ1n) is 12.4. The first-order chi connectivity index (χ1) is 16.9. The molecule has 1 nitrogen and oxygen atoms in total. The Morgan fingerprint density at radius 3 is 2.09 bits per heavy atom. The van der Waals surface area contributed by atoms with E-state index in [0.717, 1.165) is 11.5 Å². The summed E-state index contributed by atoms with van der Waals surface area (Å²) in [6.45, 7) is 9.30. The Bertz CT molecular complexity index is 1670. The van der Waals surface area contributed by atoms with E-state index in [2.05, 4.69) is 119 Å². The highest BCUT2D eigenvalue weighted by Gasteiger charge is 2.37. The molecule has 5 aromatic rings. The second-order valence-electron chi connectivity index (χ2n) is 11.0. The minimum absolute atomic E-state index is 0.0623. The average Bonchev–Trinajstić information content (AvgIpc) is 3.10. The Labute approximate surface area is 207 Å². The van der Waals surface area contributed by atoms with E-state index in [1.54, 1.807) is 0 Å². The fraction of sp³-hybridized carbons (Fsp3) is 0.176. The number of rotatable bonds is 1. The lowest BCUT2D eigenvalue weighted by atomic mass is 9.75. The number of hydrogen-bond donors (Lipinski definition) is 0. The molecule has 35 heavy (non-hydrogen) atoms. The van der Waals surface area contributed by atoms with Crippen LogP contribution in [0.15, 0.2) is 97.1 Å². The molecule has 0 saturated heterocycles. The van der Waals surface area contributed by atoms with Crippen molar-refractivity contribution in [2.24, 2.45) is 0 Å². The maximum atomic E-state index is 6.41. The van der Waals surface area contributed by atoms with Crippen LogP contribution >= 0.6 is 0 Å². The van der Waals surface area contributed by atoms with E-state index in [9.17, 15) is 0 Å². The summed E-state index contributed by atoms with van der Waals surface area (Å²) in [5.41, 5.74) is 10.3. The fourth-order valence-corrected chi connectivity index (χ4v) is 6.42. The van der Waals surface area contributed by atoms with Gasteiger partial charge in [0.2, 0.25) is 0 Å². The van der Waals surface area contributed by atoms with Crippen molar-refractivity contribution in [3.8, 4) is 33.8 Å². The largest absolute Gasteiger partial charge is 0.457 e. The fourth-order valence-electron chi connectivity index (χ4n) is 6.42. The minimum Gasteiger partial charge on any atom is -0.457 e. The molecular weight excluding hydrogens is 424 g/mol. The molecule has 0 radical (unpaired) electrons. The van der Waals surface area contributed by atoms with Gasteiger partial charge in [0.05, 0.1) is 0 Å². The van der Waals surface area contributed by atoms with Gasteiger partial charge in [0.15, 0.2) is 0 Å². The van der Waals surface area contributed by atoms with Crippen LogP contribution in [0.2, 0.25) is 0 Å². The monoisotopic (exact) mass is 452 g/mol. The molecule has 7 rings (SSSR count). The molecule has 1 aliphatic carbocycles. The van der Waals surface area contributed by atoms with Gasteiger partial charge >= 0.3 is 0 Å². The zero-order valence-electron chi connectivity index (χ0n) is 20.6. The molecule has 1 heterocycles. The zero-order chi connectivity index (χ0) is 23.9. The molecule has 0 N–H and O–H groups in total. The topological polar surface area (TPSA) is 9.23 Å². The van der Waals surface area contributed by atoms with Gasteiger partial charge in [0, 0.05) is 22.0 Å². The van der Waals surface area contributed by atoms with E-state index in [1.165, 1.54) is 55.3 Å². The smallest absolute Gasteiger partial charge is 0.132 e. The van der Waals surface area contributed by atoms with Gasteiger partial charge in [-0.3, -0.25) is 0 Å². The standard InChI is InChI=1S/C34H28O/c1-33(2)27-11-7-8-12-30(27)35-31-20-23(15-18-28(31)33)22-14-16-25-26-17-13-21-9-5-6-10-24(21)32(26)34(3,4)29(25)19-22/h5-20H,1-4H3. The second-order valence-corrected chi connectivity index (χ2v) is 11.0. The first-order valence-corrected chi connectivity index (χ1v) is 12.4. The summed E-state index contributed by atoms with van der Waals surface area (Å²) in [5.74, 6) is 1.92. The van der Waals surface area contributed by atoms with Crippen LogP contribution in [-0.4, -0.2) is 0 Å². The third-order valence-corrected chi connectivity index (χ3v) is 8.31. The summed E-state index contributed by atoms with van der Waals surface area (Å²) in [6.07, 6.45) is 0. The summed E-state index contributed by atoms with van der Waals surface area (Å²) < 4.78 is 6.41. The van der Waals surface area contributed by atoms with Crippen molar-refractivity contribution in [2.75, 3.05) is 0 Å². The van der Waals surface area contributed by atoms with Crippen molar-refractivity contribution >= 4 is 10.8 Å². The van der Waals surface area contributed by atoms with Crippen molar-refractivity contribution in [1.29, 1.82) is 0 Å². The molecule has 1 aliphatic heterocycles. The zero-order valence-corrected chi connectivity index (χ0v) is 20.6. The van der Waals surface area contributed by atoms with Crippen LogP contribution in [0.4, 0.5) is 0 Å².